The second-order valence-corrected chi connectivity index (χ2v) is 6.88. The lowest BCUT2D eigenvalue weighted by Gasteiger charge is -2.31. The maximum absolute atomic E-state index is 12.6. The van der Waals surface area contributed by atoms with Crippen molar-refractivity contribution in [2.45, 2.75) is 25.3 Å². The lowest BCUT2D eigenvalue weighted by molar-refractivity contribution is 0.0709. The van der Waals surface area contributed by atoms with Crippen molar-refractivity contribution in [3.05, 3.63) is 29.6 Å². The maximum Gasteiger partial charge on any atom is 0.256 e. The third kappa shape index (κ3) is 3.82. The van der Waals surface area contributed by atoms with Crippen LogP contribution in [0.3, 0.4) is 0 Å². The van der Waals surface area contributed by atoms with E-state index >= 15 is 0 Å². The van der Waals surface area contributed by atoms with Crippen molar-refractivity contribution >= 4 is 11.9 Å². The van der Waals surface area contributed by atoms with Gasteiger partial charge in [-0.3, -0.25) is 4.79 Å². The Balaban J connectivity index is 1.62. The first kappa shape index (κ1) is 18.2. The highest BCUT2D eigenvalue weighted by Crippen LogP contribution is 2.27. The molecule has 0 aliphatic carbocycles. The van der Waals surface area contributed by atoms with Gasteiger partial charge in [-0.1, -0.05) is 0 Å². The Kier molecular flexibility index (Phi) is 5.46. The van der Waals surface area contributed by atoms with E-state index in [4.69, 9.17) is 0 Å². The van der Waals surface area contributed by atoms with Gasteiger partial charge in [0.1, 0.15) is 11.6 Å². The number of nitrogens with one attached hydrogen (secondary N) is 1. The van der Waals surface area contributed by atoms with Gasteiger partial charge in [-0.15, -0.1) is 10.2 Å². The molecule has 0 radical (unpaired) electrons. The number of likely N-dealkylation sites (tertiary alicyclic amines) is 1. The van der Waals surface area contributed by atoms with Gasteiger partial charge in [-0.2, -0.15) is 0 Å². The van der Waals surface area contributed by atoms with Crippen LogP contribution < -0.4 is 5.32 Å². The molecule has 0 atom stereocenters. The Morgan fingerprint density at radius 3 is 2.46 bits per heavy atom. The topological polar surface area (TPSA) is 92.1 Å². The predicted octanol–water partition coefficient (Wildman–Crippen LogP) is 0.728. The number of nitrogens with zero attached hydrogens (tertiary/aromatic N) is 7. The molecule has 1 aliphatic rings. The smallest absolute Gasteiger partial charge is 0.256 e. The number of aromatic nitrogens is 5. The Morgan fingerprint density at radius 1 is 1.23 bits per heavy atom. The zero-order valence-corrected chi connectivity index (χ0v) is 15.8. The summed E-state index contributed by atoms with van der Waals surface area (Å²) < 4.78 is 2.09. The quantitative estimate of drug-likeness (QED) is 0.842. The molecule has 26 heavy (non-hydrogen) atoms. The SMILES string of the molecule is CNc1ncc(C(=O)N2CCC(c3nnc(CN(C)C)n3C)CC2)cn1. The van der Waals surface area contributed by atoms with Gasteiger partial charge in [-0.25, -0.2) is 9.97 Å². The highest BCUT2D eigenvalue weighted by molar-refractivity contribution is 5.93. The molecule has 3 rings (SSSR count). The minimum Gasteiger partial charge on any atom is -0.357 e. The molecule has 0 saturated carbocycles. The number of carbonyl (C=O) groups excluding carboxylic acids is 1. The van der Waals surface area contributed by atoms with Gasteiger partial charge in [0.25, 0.3) is 5.91 Å². The van der Waals surface area contributed by atoms with Crippen molar-refractivity contribution in [1.82, 2.24) is 34.5 Å². The summed E-state index contributed by atoms with van der Waals surface area (Å²) in [5.74, 6) is 2.80. The highest BCUT2D eigenvalue weighted by Gasteiger charge is 2.28. The van der Waals surface area contributed by atoms with Crippen molar-refractivity contribution in [3.63, 3.8) is 0 Å². The molecule has 3 heterocycles. The number of amides is 1. The fourth-order valence-electron chi connectivity index (χ4n) is 3.24. The molecule has 1 aliphatic heterocycles. The maximum atomic E-state index is 12.6. The van der Waals surface area contributed by atoms with Crippen LogP contribution >= 0.6 is 0 Å². The van der Waals surface area contributed by atoms with Gasteiger partial charge in [-0.05, 0) is 26.9 Å². The molecule has 9 heteroatoms. The molecule has 1 amide bonds. The molecule has 140 valence electrons. The summed E-state index contributed by atoms with van der Waals surface area (Å²) >= 11 is 0. The summed E-state index contributed by atoms with van der Waals surface area (Å²) in [5.41, 5.74) is 0.523. The zero-order valence-electron chi connectivity index (χ0n) is 15.8. The normalized spacial score (nSPS) is 15.5. The average Bonchev–Trinajstić information content (AvgIpc) is 3.01. The van der Waals surface area contributed by atoms with Gasteiger partial charge in [0.15, 0.2) is 0 Å². The molecule has 0 aromatic carbocycles. The number of anilines is 1. The fraction of sp³-hybridized carbons (Fsp3) is 0.588. The number of hydrogen-bond acceptors (Lipinski definition) is 7. The van der Waals surface area contributed by atoms with Crippen LogP contribution in [0, 0.1) is 0 Å². The predicted molar refractivity (Wildman–Crippen MR) is 97.9 cm³/mol. The van der Waals surface area contributed by atoms with Gasteiger partial charge in [0.05, 0.1) is 12.1 Å². The van der Waals surface area contributed by atoms with Crippen LogP contribution in [0.1, 0.15) is 40.8 Å². The van der Waals surface area contributed by atoms with Gasteiger partial charge < -0.3 is 19.7 Å². The number of carbonyl (C=O) groups is 1. The van der Waals surface area contributed by atoms with Crippen LogP contribution in [0.25, 0.3) is 0 Å². The molecule has 9 nitrogen and oxygen atoms in total. The Hall–Kier alpha value is -2.55. The summed E-state index contributed by atoms with van der Waals surface area (Å²) in [4.78, 5) is 24.8. The minimum absolute atomic E-state index is 0.0163. The first-order valence-corrected chi connectivity index (χ1v) is 8.81. The van der Waals surface area contributed by atoms with Crippen LogP contribution in [-0.4, -0.2) is 74.7 Å². The molecule has 0 unspecified atom stereocenters. The molecule has 1 saturated heterocycles. The molecule has 0 spiro atoms. The Bertz CT molecular complexity index is 747. The Labute approximate surface area is 153 Å². The van der Waals surface area contributed by atoms with Crippen LogP contribution in [0.2, 0.25) is 0 Å². The largest absolute Gasteiger partial charge is 0.357 e. The van der Waals surface area contributed by atoms with Crippen molar-refractivity contribution in [2.24, 2.45) is 7.05 Å². The second kappa shape index (κ2) is 7.77. The number of piperidine rings is 1. The number of rotatable bonds is 5. The molecular formula is C17H26N8O. The van der Waals surface area contributed by atoms with E-state index in [0.29, 0.717) is 30.5 Å². The monoisotopic (exact) mass is 358 g/mol. The third-order valence-corrected chi connectivity index (χ3v) is 4.73. The van der Waals surface area contributed by atoms with Crippen molar-refractivity contribution < 1.29 is 4.79 Å². The van der Waals surface area contributed by atoms with Gasteiger partial charge in [0.2, 0.25) is 5.95 Å². The third-order valence-electron chi connectivity index (χ3n) is 4.73. The minimum atomic E-state index is -0.0163. The first-order valence-electron chi connectivity index (χ1n) is 8.81. The molecule has 1 N–H and O–H groups in total. The number of hydrogen-bond donors (Lipinski definition) is 1. The summed E-state index contributed by atoms with van der Waals surface area (Å²) in [7, 11) is 7.81. The average molecular weight is 358 g/mol. The zero-order chi connectivity index (χ0) is 18.7. The van der Waals surface area contributed by atoms with Gasteiger partial charge in [0, 0.05) is 45.5 Å². The van der Waals surface area contributed by atoms with E-state index in [9.17, 15) is 4.79 Å². The lowest BCUT2D eigenvalue weighted by atomic mass is 9.95. The standard InChI is InChI=1S/C17H26N8O/c1-18-17-19-9-13(10-20-17)16(26)25-7-5-12(6-8-25)15-22-21-14(24(15)4)11-23(2)3/h9-10,12H,5-8,11H2,1-4H3,(H,18,19,20). The van der Waals surface area contributed by atoms with Crippen molar-refractivity contribution in [2.75, 3.05) is 39.5 Å². The van der Waals surface area contributed by atoms with Gasteiger partial charge >= 0.3 is 0 Å². The summed E-state index contributed by atoms with van der Waals surface area (Å²) in [6.07, 6.45) is 4.91. The highest BCUT2D eigenvalue weighted by atomic mass is 16.2. The van der Waals surface area contributed by atoms with E-state index in [0.717, 1.165) is 31.0 Å². The van der Waals surface area contributed by atoms with E-state index in [1.807, 2.05) is 26.0 Å². The van der Waals surface area contributed by atoms with E-state index in [1.165, 1.54) is 0 Å². The summed E-state index contributed by atoms with van der Waals surface area (Å²) in [5, 5.41) is 11.6. The first-order chi connectivity index (χ1) is 12.5. The van der Waals surface area contributed by atoms with E-state index in [2.05, 4.69) is 34.9 Å². The molecule has 2 aromatic heterocycles. The van der Waals surface area contributed by atoms with Crippen molar-refractivity contribution in [3.8, 4) is 0 Å². The molecule has 2 aromatic rings. The van der Waals surface area contributed by atoms with Crippen LogP contribution in [0.5, 0.6) is 0 Å². The lowest BCUT2D eigenvalue weighted by Crippen LogP contribution is -2.38. The summed E-state index contributed by atoms with van der Waals surface area (Å²) in [6.45, 7) is 2.17. The van der Waals surface area contributed by atoms with Crippen molar-refractivity contribution in [1.29, 1.82) is 0 Å². The Morgan fingerprint density at radius 2 is 1.88 bits per heavy atom. The van der Waals surface area contributed by atoms with E-state index in [-0.39, 0.29) is 5.91 Å². The van der Waals surface area contributed by atoms with Crippen LogP contribution in [0.15, 0.2) is 12.4 Å². The summed E-state index contributed by atoms with van der Waals surface area (Å²) in [6, 6.07) is 0. The molecule has 0 bridgehead atoms. The van der Waals surface area contributed by atoms with E-state index < -0.39 is 0 Å². The fourth-order valence-corrected chi connectivity index (χ4v) is 3.24. The second-order valence-electron chi connectivity index (χ2n) is 6.88. The van der Waals surface area contributed by atoms with Crippen LogP contribution in [0.4, 0.5) is 5.95 Å². The molecule has 1 fully saturated rings. The molecular weight excluding hydrogens is 332 g/mol. The van der Waals surface area contributed by atoms with E-state index in [1.54, 1.807) is 19.4 Å². The van der Waals surface area contributed by atoms with Crippen LogP contribution in [-0.2, 0) is 13.6 Å².